The number of alkyl carbamates (subject to hydrolysis) is 1. The van der Waals surface area contributed by atoms with Gasteiger partial charge >= 0.3 is 12.2 Å². The molecule has 3 aromatic rings. The van der Waals surface area contributed by atoms with E-state index in [2.05, 4.69) is 20.3 Å². The lowest BCUT2D eigenvalue weighted by Gasteiger charge is -2.08. The topological polar surface area (TPSA) is 126 Å². The van der Waals surface area contributed by atoms with E-state index in [-0.39, 0.29) is 19.2 Å². The van der Waals surface area contributed by atoms with Crippen LogP contribution in [0.3, 0.4) is 0 Å². The van der Waals surface area contributed by atoms with Gasteiger partial charge in [-0.3, -0.25) is 0 Å². The van der Waals surface area contributed by atoms with Crippen LogP contribution in [0.1, 0.15) is 18.4 Å². The van der Waals surface area contributed by atoms with Crippen LogP contribution in [-0.2, 0) is 17.8 Å². The smallest absolute Gasteiger partial charge is 0.407 e. The van der Waals surface area contributed by atoms with E-state index in [0.29, 0.717) is 48.6 Å². The Kier molecular flexibility index (Phi) is 5.27. The summed E-state index contributed by atoms with van der Waals surface area (Å²) < 4.78 is 30.7. The number of halogens is 1. The number of fused-ring (bicyclic) bond motifs is 2. The minimum absolute atomic E-state index is 0.00807. The van der Waals surface area contributed by atoms with Gasteiger partial charge in [0.25, 0.3) is 0 Å². The third-order valence-corrected chi connectivity index (χ3v) is 4.36. The summed E-state index contributed by atoms with van der Waals surface area (Å²) in [6.07, 6.45) is 1.46. The largest absolute Gasteiger partial charge is 0.454 e. The van der Waals surface area contributed by atoms with Gasteiger partial charge in [-0.1, -0.05) is 6.07 Å². The molecule has 0 atom stereocenters. The van der Waals surface area contributed by atoms with E-state index in [1.165, 1.54) is 6.33 Å². The minimum atomic E-state index is -0.890. The number of aromatic nitrogens is 4. The number of carbonyl (C=O) groups is 1. The molecule has 0 fully saturated rings. The number of rotatable bonds is 7. The van der Waals surface area contributed by atoms with Crippen LogP contribution in [0, 0.1) is 6.08 Å². The third-order valence-electron chi connectivity index (χ3n) is 4.36. The third kappa shape index (κ3) is 4.28. The summed E-state index contributed by atoms with van der Waals surface area (Å²) in [6.45, 7) is 1.32. The summed E-state index contributed by atoms with van der Waals surface area (Å²) in [5.41, 5.74) is 7.22. The quantitative estimate of drug-likeness (QED) is 0.454. The van der Waals surface area contributed by atoms with Crippen LogP contribution < -0.4 is 20.5 Å². The second kappa shape index (κ2) is 8.17. The van der Waals surface area contributed by atoms with E-state index in [1.807, 2.05) is 12.1 Å². The molecule has 2 aromatic heterocycles. The lowest BCUT2D eigenvalue weighted by atomic mass is 10.2. The molecule has 1 aromatic carbocycles. The number of hydrogen-bond donors (Lipinski definition) is 2. The number of unbranched alkanes of at least 4 members (excludes halogenated alkanes) is 1. The predicted octanol–water partition coefficient (Wildman–Crippen LogP) is 1.98. The van der Waals surface area contributed by atoms with Crippen molar-refractivity contribution in [3.8, 4) is 11.5 Å². The lowest BCUT2D eigenvalue weighted by molar-refractivity contribution is 0.143. The van der Waals surface area contributed by atoms with Gasteiger partial charge in [-0.05, 0) is 30.5 Å². The summed E-state index contributed by atoms with van der Waals surface area (Å²) in [5.74, 6) is 1.37. The molecule has 0 aliphatic carbocycles. The first-order valence-electron chi connectivity index (χ1n) is 9.03. The number of ether oxygens (including phenoxy) is 3. The lowest BCUT2D eigenvalue weighted by Crippen LogP contribution is -2.24. The molecule has 0 saturated heterocycles. The zero-order valence-electron chi connectivity index (χ0n) is 15.4. The highest BCUT2D eigenvalue weighted by atomic mass is 19.1. The second-order valence-corrected chi connectivity index (χ2v) is 6.37. The number of carbonyl (C=O) groups excluding carboxylic acids is 1. The molecule has 29 heavy (non-hydrogen) atoms. The Labute approximate surface area is 164 Å². The van der Waals surface area contributed by atoms with Gasteiger partial charge < -0.3 is 29.8 Å². The number of amides is 1. The van der Waals surface area contributed by atoms with E-state index in [4.69, 9.17) is 19.9 Å². The van der Waals surface area contributed by atoms with E-state index >= 15 is 0 Å². The Morgan fingerprint density at radius 3 is 3.03 bits per heavy atom. The summed E-state index contributed by atoms with van der Waals surface area (Å²) in [4.78, 5) is 23.1. The van der Waals surface area contributed by atoms with Gasteiger partial charge in [0.1, 0.15) is 5.52 Å². The number of nitrogens with zero attached hydrogens (tertiary/aromatic N) is 4. The molecule has 1 aliphatic rings. The summed E-state index contributed by atoms with van der Waals surface area (Å²) >= 11 is 0. The van der Waals surface area contributed by atoms with Crippen molar-refractivity contribution >= 4 is 23.1 Å². The van der Waals surface area contributed by atoms with Gasteiger partial charge in [-0.25, -0.2) is 9.78 Å². The maximum Gasteiger partial charge on any atom is 0.407 e. The first-order chi connectivity index (χ1) is 14.1. The highest BCUT2D eigenvalue weighted by molar-refractivity contribution is 5.81. The van der Waals surface area contributed by atoms with E-state index in [9.17, 15) is 9.18 Å². The average molecular weight is 402 g/mol. The fraction of sp³-hybridized carbons (Fsp3) is 0.333. The maximum atomic E-state index is 13.3. The fourth-order valence-electron chi connectivity index (χ4n) is 2.93. The molecule has 4 rings (SSSR count). The molecule has 3 N–H and O–H groups in total. The van der Waals surface area contributed by atoms with Crippen molar-refractivity contribution in [2.24, 2.45) is 0 Å². The standard InChI is InChI=1S/C18H19FN6O4/c19-17-23-15(20)14-16(24-17)25(9-22-14)5-1-2-6-27-18(26)21-8-11-3-4-12-13(7-11)29-10-28-12/h3-4,7,9H,1-2,5-6,8,10H2,(H,21,26)(H2,20,23,24). The van der Waals surface area contributed by atoms with Gasteiger partial charge in [0.05, 0.1) is 12.9 Å². The SMILES string of the molecule is Nc1nc(F)nc2c1ncn2CCCCOC(=O)NCc1ccc2c(c1)OCO2. The summed E-state index contributed by atoms with van der Waals surface area (Å²) in [7, 11) is 0. The number of anilines is 1. The van der Waals surface area contributed by atoms with Crippen LogP contribution in [0.15, 0.2) is 24.5 Å². The Balaban J connectivity index is 1.18. The predicted molar refractivity (Wildman–Crippen MR) is 99.7 cm³/mol. The van der Waals surface area contributed by atoms with E-state index in [0.717, 1.165) is 5.56 Å². The van der Waals surface area contributed by atoms with Crippen molar-refractivity contribution in [1.29, 1.82) is 0 Å². The van der Waals surface area contributed by atoms with Crippen molar-refractivity contribution in [3.63, 3.8) is 0 Å². The highest BCUT2D eigenvalue weighted by Gasteiger charge is 2.14. The zero-order chi connectivity index (χ0) is 20.2. The molecule has 0 spiro atoms. The molecule has 0 radical (unpaired) electrons. The number of nitrogens with two attached hydrogens (primary N) is 1. The van der Waals surface area contributed by atoms with Crippen molar-refractivity contribution < 1.29 is 23.4 Å². The maximum absolute atomic E-state index is 13.3. The van der Waals surface area contributed by atoms with Crippen molar-refractivity contribution in [1.82, 2.24) is 24.8 Å². The van der Waals surface area contributed by atoms with Crippen LogP contribution in [0.25, 0.3) is 11.2 Å². The molecular weight excluding hydrogens is 383 g/mol. The normalized spacial score (nSPS) is 12.3. The van der Waals surface area contributed by atoms with E-state index in [1.54, 1.807) is 10.6 Å². The number of hydrogen-bond acceptors (Lipinski definition) is 8. The number of aryl methyl sites for hydroxylation is 1. The number of imidazole rings is 1. The Hall–Kier alpha value is -3.63. The molecule has 0 unspecified atom stereocenters. The van der Waals surface area contributed by atoms with Gasteiger partial charge in [0.2, 0.25) is 6.79 Å². The Bertz CT molecular complexity index is 1040. The molecular formula is C18H19FN6O4. The highest BCUT2D eigenvalue weighted by Crippen LogP contribution is 2.32. The summed E-state index contributed by atoms with van der Waals surface area (Å²) in [6, 6.07) is 5.47. The van der Waals surface area contributed by atoms with Crippen LogP contribution in [0.5, 0.6) is 11.5 Å². The van der Waals surface area contributed by atoms with Gasteiger partial charge in [0, 0.05) is 13.1 Å². The van der Waals surface area contributed by atoms with E-state index < -0.39 is 12.2 Å². The fourth-order valence-corrected chi connectivity index (χ4v) is 2.93. The second-order valence-electron chi connectivity index (χ2n) is 6.37. The monoisotopic (exact) mass is 402 g/mol. The number of benzene rings is 1. The van der Waals surface area contributed by atoms with Gasteiger partial charge in [-0.15, -0.1) is 0 Å². The number of nitrogen functional groups attached to an aromatic ring is 1. The van der Waals surface area contributed by atoms with Crippen LogP contribution in [-0.4, -0.2) is 39.0 Å². The van der Waals surface area contributed by atoms with Crippen molar-refractivity contribution in [2.75, 3.05) is 19.1 Å². The molecule has 1 amide bonds. The van der Waals surface area contributed by atoms with Crippen LogP contribution in [0.2, 0.25) is 0 Å². The molecule has 3 heterocycles. The molecule has 152 valence electrons. The first kappa shape index (κ1) is 18.7. The first-order valence-corrected chi connectivity index (χ1v) is 9.03. The molecule has 10 nitrogen and oxygen atoms in total. The van der Waals surface area contributed by atoms with Crippen LogP contribution in [0.4, 0.5) is 15.0 Å². The van der Waals surface area contributed by atoms with Crippen LogP contribution >= 0.6 is 0 Å². The molecule has 11 heteroatoms. The van der Waals surface area contributed by atoms with Gasteiger partial charge in [-0.2, -0.15) is 14.4 Å². The summed E-state index contributed by atoms with van der Waals surface area (Å²) in [5, 5.41) is 2.69. The molecule has 0 saturated carbocycles. The Morgan fingerprint density at radius 1 is 1.28 bits per heavy atom. The minimum Gasteiger partial charge on any atom is -0.454 e. The van der Waals surface area contributed by atoms with Crippen molar-refractivity contribution in [3.05, 3.63) is 36.2 Å². The average Bonchev–Trinajstić information content (AvgIpc) is 3.32. The number of nitrogens with one attached hydrogen (secondary N) is 1. The Morgan fingerprint density at radius 2 is 2.14 bits per heavy atom. The van der Waals surface area contributed by atoms with Gasteiger partial charge in [0.15, 0.2) is 23.0 Å². The molecule has 0 bridgehead atoms. The molecule has 1 aliphatic heterocycles. The zero-order valence-corrected chi connectivity index (χ0v) is 15.4. The van der Waals surface area contributed by atoms with Crippen molar-refractivity contribution in [2.45, 2.75) is 25.9 Å².